The van der Waals surface area contributed by atoms with Crippen molar-refractivity contribution in [2.45, 2.75) is 58.9 Å². The highest BCUT2D eigenvalue weighted by molar-refractivity contribution is 5.71. The lowest BCUT2D eigenvalue weighted by atomic mass is 9.92. The Morgan fingerprint density at radius 2 is 2.00 bits per heavy atom. The maximum Gasteiger partial charge on any atom is 0.160 e. The van der Waals surface area contributed by atoms with Crippen molar-refractivity contribution < 1.29 is 0 Å². The van der Waals surface area contributed by atoms with Gasteiger partial charge in [0.1, 0.15) is 11.3 Å². The van der Waals surface area contributed by atoms with Crippen molar-refractivity contribution in [2.24, 2.45) is 5.41 Å². The third kappa shape index (κ3) is 2.51. The van der Waals surface area contributed by atoms with Crippen molar-refractivity contribution in [3.05, 3.63) is 24.2 Å². The fourth-order valence-corrected chi connectivity index (χ4v) is 3.12. The zero-order chi connectivity index (χ0) is 13.5. The van der Waals surface area contributed by atoms with Crippen molar-refractivity contribution in [1.82, 2.24) is 14.5 Å². The van der Waals surface area contributed by atoms with E-state index in [-0.39, 0.29) is 5.41 Å². The van der Waals surface area contributed by atoms with Gasteiger partial charge in [0.15, 0.2) is 5.65 Å². The second kappa shape index (κ2) is 4.62. The van der Waals surface area contributed by atoms with E-state index in [0.717, 1.165) is 17.6 Å². The lowest BCUT2D eigenvalue weighted by Crippen LogP contribution is -2.17. The second-order valence-electron chi connectivity index (χ2n) is 6.92. The molecule has 1 aliphatic carbocycles. The van der Waals surface area contributed by atoms with Crippen LogP contribution in [-0.4, -0.2) is 14.5 Å². The summed E-state index contributed by atoms with van der Waals surface area (Å²) in [4.78, 5) is 9.42. The van der Waals surface area contributed by atoms with Crippen LogP contribution in [0.4, 0.5) is 0 Å². The molecule has 19 heavy (non-hydrogen) atoms. The molecule has 0 spiro atoms. The topological polar surface area (TPSA) is 30.7 Å². The first-order chi connectivity index (χ1) is 9.04. The SMILES string of the molecule is CC(C)(C)Cc1nc2cccnc2n1C1CCCC1. The van der Waals surface area contributed by atoms with Gasteiger partial charge in [-0.25, -0.2) is 9.97 Å². The summed E-state index contributed by atoms with van der Waals surface area (Å²) in [6.45, 7) is 6.83. The van der Waals surface area contributed by atoms with Crippen LogP contribution in [0.3, 0.4) is 0 Å². The maximum atomic E-state index is 4.84. The second-order valence-corrected chi connectivity index (χ2v) is 6.92. The van der Waals surface area contributed by atoms with E-state index in [1.165, 1.54) is 31.5 Å². The molecule has 0 bridgehead atoms. The van der Waals surface area contributed by atoms with Crippen LogP contribution in [0.2, 0.25) is 0 Å². The average Bonchev–Trinajstić information content (AvgIpc) is 2.92. The third-order valence-corrected chi connectivity index (χ3v) is 3.90. The molecule has 3 rings (SSSR count). The molecule has 0 N–H and O–H groups in total. The lowest BCUT2D eigenvalue weighted by molar-refractivity contribution is 0.381. The Balaban J connectivity index is 2.11. The Hall–Kier alpha value is -1.38. The number of nitrogens with zero attached hydrogens (tertiary/aromatic N) is 3. The molecule has 0 aromatic carbocycles. The van der Waals surface area contributed by atoms with Crippen LogP contribution >= 0.6 is 0 Å². The Kier molecular flexibility index (Phi) is 3.08. The molecule has 3 heteroatoms. The van der Waals surface area contributed by atoms with Gasteiger partial charge in [0.25, 0.3) is 0 Å². The molecule has 102 valence electrons. The summed E-state index contributed by atoms with van der Waals surface area (Å²) in [5.74, 6) is 1.22. The highest BCUT2D eigenvalue weighted by Crippen LogP contribution is 2.34. The van der Waals surface area contributed by atoms with Crippen LogP contribution in [0, 0.1) is 5.41 Å². The highest BCUT2D eigenvalue weighted by Gasteiger charge is 2.25. The Morgan fingerprint density at radius 1 is 1.26 bits per heavy atom. The fraction of sp³-hybridized carbons (Fsp3) is 0.625. The highest BCUT2D eigenvalue weighted by atomic mass is 15.2. The fourth-order valence-electron chi connectivity index (χ4n) is 3.12. The molecular weight excluding hydrogens is 234 g/mol. The monoisotopic (exact) mass is 257 g/mol. The molecule has 0 radical (unpaired) electrons. The van der Waals surface area contributed by atoms with Crippen LogP contribution in [-0.2, 0) is 6.42 Å². The minimum atomic E-state index is 0.262. The van der Waals surface area contributed by atoms with Crippen LogP contribution in [0.1, 0.15) is 58.3 Å². The summed E-state index contributed by atoms with van der Waals surface area (Å²) >= 11 is 0. The van der Waals surface area contributed by atoms with Crippen molar-refractivity contribution in [3.8, 4) is 0 Å². The maximum absolute atomic E-state index is 4.84. The van der Waals surface area contributed by atoms with Gasteiger partial charge in [-0.1, -0.05) is 33.6 Å². The van der Waals surface area contributed by atoms with Crippen molar-refractivity contribution in [3.63, 3.8) is 0 Å². The molecule has 1 saturated carbocycles. The summed E-state index contributed by atoms with van der Waals surface area (Å²) < 4.78 is 2.42. The summed E-state index contributed by atoms with van der Waals surface area (Å²) in [6.07, 6.45) is 8.13. The van der Waals surface area contributed by atoms with Gasteiger partial charge >= 0.3 is 0 Å². The van der Waals surface area contributed by atoms with Gasteiger partial charge in [0.2, 0.25) is 0 Å². The molecule has 1 aliphatic rings. The van der Waals surface area contributed by atoms with Gasteiger partial charge < -0.3 is 4.57 Å². The predicted molar refractivity (Wildman–Crippen MR) is 78.2 cm³/mol. The molecule has 1 fully saturated rings. The van der Waals surface area contributed by atoms with Crippen LogP contribution in [0.25, 0.3) is 11.2 Å². The zero-order valence-electron chi connectivity index (χ0n) is 12.2. The Morgan fingerprint density at radius 3 is 2.68 bits per heavy atom. The van der Waals surface area contributed by atoms with Crippen molar-refractivity contribution in [1.29, 1.82) is 0 Å². The van der Waals surface area contributed by atoms with Gasteiger partial charge in [-0.15, -0.1) is 0 Å². The van der Waals surface area contributed by atoms with Crippen LogP contribution < -0.4 is 0 Å². The number of aromatic nitrogens is 3. The number of imidazole rings is 1. The Labute approximate surface area is 115 Å². The van der Waals surface area contributed by atoms with E-state index >= 15 is 0 Å². The number of hydrogen-bond acceptors (Lipinski definition) is 2. The minimum Gasteiger partial charge on any atom is -0.310 e. The molecule has 0 unspecified atom stereocenters. The van der Waals surface area contributed by atoms with Gasteiger partial charge in [0.05, 0.1) is 0 Å². The summed E-state index contributed by atoms with van der Waals surface area (Å²) in [5.41, 5.74) is 2.39. The summed E-state index contributed by atoms with van der Waals surface area (Å²) in [7, 11) is 0. The van der Waals surface area contributed by atoms with E-state index in [2.05, 4.69) is 36.4 Å². The quantitative estimate of drug-likeness (QED) is 0.809. The minimum absolute atomic E-state index is 0.262. The van der Waals surface area contributed by atoms with Crippen molar-refractivity contribution >= 4 is 11.2 Å². The van der Waals surface area contributed by atoms with Crippen LogP contribution in [0.5, 0.6) is 0 Å². The molecule has 2 heterocycles. The van der Waals surface area contributed by atoms with E-state index in [1.54, 1.807) is 0 Å². The average molecular weight is 257 g/mol. The molecule has 2 aromatic heterocycles. The first-order valence-corrected chi connectivity index (χ1v) is 7.36. The van der Waals surface area contributed by atoms with Gasteiger partial charge in [-0.2, -0.15) is 0 Å². The summed E-state index contributed by atoms with van der Waals surface area (Å²) in [6, 6.07) is 4.67. The molecule has 3 nitrogen and oxygen atoms in total. The van der Waals surface area contributed by atoms with Crippen LogP contribution in [0.15, 0.2) is 18.3 Å². The molecular formula is C16H23N3. The number of fused-ring (bicyclic) bond motifs is 1. The Bertz CT molecular complexity index is 571. The normalized spacial score (nSPS) is 17.4. The van der Waals surface area contributed by atoms with Gasteiger partial charge in [-0.3, -0.25) is 0 Å². The van der Waals surface area contributed by atoms with Crippen molar-refractivity contribution in [2.75, 3.05) is 0 Å². The third-order valence-electron chi connectivity index (χ3n) is 3.90. The summed E-state index contributed by atoms with van der Waals surface area (Å²) in [5, 5.41) is 0. The van der Waals surface area contributed by atoms with E-state index in [4.69, 9.17) is 4.98 Å². The van der Waals surface area contributed by atoms with E-state index in [1.807, 2.05) is 12.3 Å². The first kappa shape index (κ1) is 12.6. The molecule has 2 aromatic rings. The largest absolute Gasteiger partial charge is 0.310 e. The zero-order valence-corrected chi connectivity index (χ0v) is 12.2. The first-order valence-electron chi connectivity index (χ1n) is 7.36. The molecule has 0 aliphatic heterocycles. The van der Waals surface area contributed by atoms with E-state index < -0.39 is 0 Å². The van der Waals surface area contributed by atoms with E-state index in [9.17, 15) is 0 Å². The number of hydrogen-bond donors (Lipinski definition) is 0. The number of rotatable bonds is 2. The van der Waals surface area contributed by atoms with Gasteiger partial charge in [0, 0.05) is 18.7 Å². The standard InChI is InChI=1S/C16H23N3/c1-16(2,3)11-14-18-13-9-6-10-17-15(13)19(14)12-7-4-5-8-12/h6,9-10,12H,4-5,7-8,11H2,1-3H3. The van der Waals surface area contributed by atoms with Gasteiger partial charge in [-0.05, 0) is 30.4 Å². The molecule has 0 saturated heterocycles. The smallest absolute Gasteiger partial charge is 0.160 e. The molecule has 0 atom stereocenters. The molecule has 0 amide bonds. The predicted octanol–water partition coefficient (Wildman–Crippen LogP) is 4.14. The van der Waals surface area contributed by atoms with E-state index in [0.29, 0.717) is 6.04 Å². The number of pyridine rings is 1. The lowest BCUT2D eigenvalue weighted by Gasteiger charge is -2.21.